The van der Waals surface area contributed by atoms with Crippen LogP contribution in [-0.4, -0.2) is 19.2 Å². The van der Waals surface area contributed by atoms with Crippen LogP contribution in [0.2, 0.25) is 0 Å². The van der Waals surface area contributed by atoms with E-state index in [4.69, 9.17) is 9.47 Å². The minimum atomic E-state index is -0.325. The highest BCUT2D eigenvalue weighted by atomic mass is 16.5. The molecule has 0 bridgehead atoms. The van der Waals surface area contributed by atoms with Crippen LogP contribution in [0.5, 0.6) is 11.5 Å². The second-order valence-corrected chi connectivity index (χ2v) is 4.87. The monoisotopic (exact) mass is 326 g/mol. The number of hydrogen-bond donors (Lipinski definition) is 2. The molecule has 0 aliphatic rings. The zero-order valence-corrected chi connectivity index (χ0v) is 13.9. The number of ether oxygens (including phenoxy) is 2. The van der Waals surface area contributed by atoms with Crippen LogP contribution in [0.15, 0.2) is 54.7 Å². The molecule has 0 aliphatic heterocycles. The first-order valence-electron chi connectivity index (χ1n) is 7.91. The Labute approximate surface area is 142 Å². The molecule has 2 aromatic rings. The molecule has 0 aromatic heterocycles. The molecule has 5 heteroatoms. The molecular formula is C19H22N2O3. The summed E-state index contributed by atoms with van der Waals surface area (Å²) >= 11 is 0. The average molecular weight is 326 g/mol. The van der Waals surface area contributed by atoms with Gasteiger partial charge in [-0.05, 0) is 37.6 Å². The molecule has 0 radical (unpaired) electrons. The standard InChI is InChI=1S/C19H22N2O3/c1-3-23-17-11-10-16(14-18(17)24-4-2)21-19(22)20-13-12-15-8-6-5-7-9-15/h5-14H,3-4H2,1-2H3,(H2,20,21,22)/b13-12+. The topological polar surface area (TPSA) is 59.6 Å². The highest BCUT2D eigenvalue weighted by Crippen LogP contribution is 2.30. The molecule has 2 aromatic carbocycles. The summed E-state index contributed by atoms with van der Waals surface area (Å²) in [6.07, 6.45) is 3.42. The quantitative estimate of drug-likeness (QED) is 0.798. The maximum atomic E-state index is 11.9. The second kappa shape index (κ2) is 9.25. The summed E-state index contributed by atoms with van der Waals surface area (Å²) in [6.45, 7) is 4.89. The summed E-state index contributed by atoms with van der Waals surface area (Å²) in [5, 5.41) is 5.43. The number of carbonyl (C=O) groups excluding carboxylic acids is 1. The molecule has 0 saturated heterocycles. The fraction of sp³-hybridized carbons (Fsp3) is 0.211. The first kappa shape index (κ1) is 17.4. The Kier molecular flexibility index (Phi) is 6.71. The molecule has 5 nitrogen and oxygen atoms in total. The molecule has 0 fully saturated rings. The molecular weight excluding hydrogens is 304 g/mol. The third-order valence-electron chi connectivity index (χ3n) is 3.09. The van der Waals surface area contributed by atoms with Gasteiger partial charge in [0.1, 0.15) is 0 Å². The van der Waals surface area contributed by atoms with Gasteiger partial charge >= 0.3 is 6.03 Å². The molecule has 0 unspecified atom stereocenters. The minimum absolute atomic E-state index is 0.325. The fourth-order valence-electron chi connectivity index (χ4n) is 2.07. The van der Waals surface area contributed by atoms with Crippen molar-refractivity contribution in [3.63, 3.8) is 0 Å². The molecule has 0 saturated carbocycles. The van der Waals surface area contributed by atoms with Gasteiger partial charge in [0.25, 0.3) is 0 Å². The number of amides is 2. The van der Waals surface area contributed by atoms with Gasteiger partial charge in [-0.3, -0.25) is 0 Å². The van der Waals surface area contributed by atoms with Crippen LogP contribution in [0.4, 0.5) is 10.5 Å². The summed E-state index contributed by atoms with van der Waals surface area (Å²) in [5.74, 6) is 1.27. The number of urea groups is 1. The summed E-state index contributed by atoms with van der Waals surface area (Å²) in [4.78, 5) is 11.9. The van der Waals surface area contributed by atoms with E-state index < -0.39 is 0 Å². The van der Waals surface area contributed by atoms with E-state index in [1.54, 1.807) is 24.4 Å². The van der Waals surface area contributed by atoms with Crippen molar-refractivity contribution in [1.29, 1.82) is 0 Å². The SMILES string of the molecule is CCOc1ccc(NC(=O)N/C=C/c2ccccc2)cc1OCC. The molecule has 0 aliphatic carbocycles. The Morgan fingerprint density at radius 3 is 2.42 bits per heavy atom. The van der Waals surface area contributed by atoms with Gasteiger partial charge in [0.15, 0.2) is 11.5 Å². The predicted octanol–water partition coefficient (Wildman–Crippen LogP) is 4.28. The largest absolute Gasteiger partial charge is 0.490 e. The van der Waals surface area contributed by atoms with Crippen molar-refractivity contribution in [1.82, 2.24) is 5.32 Å². The van der Waals surface area contributed by atoms with Gasteiger partial charge in [-0.2, -0.15) is 0 Å². The van der Waals surface area contributed by atoms with Gasteiger partial charge < -0.3 is 20.1 Å². The van der Waals surface area contributed by atoms with Gasteiger partial charge in [-0.25, -0.2) is 4.79 Å². The molecule has 0 spiro atoms. The van der Waals surface area contributed by atoms with Gasteiger partial charge in [-0.15, -0.1) is 0 Å². The Morgan fingerprint density at radius 1 is 1.00 bits per heavy atom. The average Bonchev–Trinajstić information content (AvgIpc) is 2.58. The lowest BCUT2D eigenvalue weighted by Crippen LogP contribution is -2.23. The predicted molar refractivity (Wildman–Crippen MR) is 96.4 cm³/mol. The molecule has 2 N–H and O–H groups in total. The number of rotatable bonds is 7. The Balaban J connectivity index is 1.95. The van der Waals surface area contributed by atoms with Crippen LogP contribution >= 0.6 is 0 Å². The van der Waals surface area contributed by atoms with E-state index in [2.05, 4.69) is 10.6 Å². The highest BCUT2D eigenvalue weighted by molar-refractivity contribution is 5.90. The molecule has 2 amide bonds. The van der Waals surface area contributed by atoms with E-state index in [0.717, 1.165) is 5.56 Å². The van der Waals surface area contributed by atoms with Crippen LogP contribution in [0, 0.1) is 0 Å². The molecule has 0 atom stereocenters. The number of hydrogen-bond acceptors (Lipinski definition) is 3. The van der Waals surface area contributed by atoms with Crippen molar-refractivity contribution < 1.29 is 14.3 Å². The highest BCUT2D eigenvalue weighted by Gasteiger charge is 2.07. The zero-order chi connectivity index (χ0) is 17.2. The Bertz CT molecular complexity index is 684. The van der Waals surface area contributed by atoms with Crippen molar-refractivity contribution >= 4 is 17.8 Å². The van der Waals surface area contributed by atoms with E-state index in [-0.39, 0.29) is 6.03 Å². The molecule has 24 heavy (non-hydrogen) atoms. The van der Waals surface area contributed by atoms with E-state index in [0.29, 0.717) is 30.4 Å². The maximum absolute atomic E-state index is 11.9. The third kappa shape index (κ3) is 5.35. The lowest BCUT2D eigenvalue weighted by Gasteiger charge is -2.12. The van der Waals surface area contributed by atoms with Crippen molar-refractivity contribution in [3.8, 4) is 11.5 Å². The van der Waals surface area contributed by atoms with Crippen LogP contribution < -0.4 is 20.1 Å². The summed E-state index contributed by atoms with van der Waals surface area (Å²) in [7, 11) is 0. The normalized spacial score (nSPS) is 10.4. The van der Waals surface area contributed by atoms with Crippen LogP contribution in [0.3, 0.4) is 0 Å². The number of benzene rings is 2. The van der Waals surface area contributed by atoms with E-state index in [1.807, 2.05) is 50.3 Å². The second-order valence-electron chi connectivity index (χ2n) is 4.87. The van der Waals surface area contributed by atoms with E-state index >= 15 is 0 Å². The lowest BCUT2D eigenvalue weighted by atomic mass is 10.2. The fourth-order valence-corrected chi connectivity index (χ4v) is 2.07. The third-order valence-corrected chi connectivity index (χ3v) is 3.09. The summed E-state index contributed by atoms with van der Waals surface area (Å²) in [5.41, 5.74) is 1.64. The smallest absolute Gasteiger partial charge is 0.323 e. The van der Waals surface area contributed by atoms with Crippen molar-refractivity contribution in [2.45, 2.75) is 13.8 Å². The Morgan fingerprint density at radius 2 is 1.71 bits per heavy atom. The molecule has 0 heterocycles. The van der Waals surface area contributed by atoms with Gasteiger partial charge in [-0.1, -0.05) is 30.3 Å². The zero-order valence-electron chi connectivity index (χ0n) is 13.9. The van der Waals surface area contributed by atoms with Crippen LogP contribution in [0.25, 0.3) is 6.08 Å². The van der Waals surface area contributed by atoms with Gasteiger partial charge in [0, 0.05) is 18.0 Å². The number of anilines is 1. The van der Waals surface area contributed by atoms with E-state index in [9.17, 15) is 4.79 Å². The van der Waals surface area contributed by atoms with E-state index in [1.165, 1.54) is 0 Å². The Hall–Kier alpha value is -2.95. The minimum Gasteiger partial charge on any atom is -0.490 e. The number of carbonyl (C=O) groups is 1. The van der Waals surface area contributed by atoms with Crippen LogP contribution in [0.1, 0.15) is 19.4 Å². The first-order valence-corrected chi connectivity index (χ1v) is 7.91. The van der Waals surface area contributed by atoms with Crippen molar-refractivity contribution in [2.24, 2.45) is 0 Å². The number of nitrogens with one attached hydrogen (secondary N) is 2. The molecule has 2 rings (SSSR count). The van der Waals surface area contributed by atoms with Gasteiger partial charge in [0.05, 0.1) is 13.2 Å². The van der Waals surface area contributed by atoms with Crippen molar-refractivity contribution in [3.05, 3.63) is 60.3 Å². The van der Waals surface area contributed by atoms with Gasteiger partial charge in [0.2, 0.25) is 0 Å². The lowest BCUT2D eigenvalue weighted by molar-refractivity contribution is 0.255. The summed E-state index contributed by atoms with van der Waals surface area (Å²) in [6, 6.07) is 14.7. The maximum Gasteiger partial charge on any atom is 0.323 e. The molecule has 126 valence electrons. The summed E-state index contributed by atoms with van der Waals surface area (Å²) < 4.78 is 11.0. The van der Waals surface area contributed by atoms with Crippen molar-refractivity contribution in [2.75, 3.05) is 18.5 Å². The van der Waals surface area contributed by atoms with Crippen LogP contribution in [-0.2, 0) is 0 Å². The first-order chi connectivity index (χ1) is 11.7.